The summed E-state index contributed by atoms with van der Waals surface area (Å²) >= 11 is 0. The number of aromatic nitrogens is 1. The first-order valence-corrected chi connectivity index (χ1v) is 8.32. The van der Waals surface area contributed by atoms with Crippen molar-refractivity contribution < 1.29 is 14.0 Å². The second kappa shape index (κ2) is 7.88. The molecule has 1 saturated heterocycles. The molecule has 0 N–H and O–H groups in total. The van der Waals surface area contributed by atoms with Crippen molar-refractivity contribution in [3.63, 3.8) is 0 Å². The SMILES string of the molecule is O=C(Cc1ccc(F)cc1)N1CCN(C(=O)Cc2ccccn2)CC1. The molecule has 2 heterocycles. The van der Waals surface area contributed by atoms with Crippen LogP contribution < -0.4 is 0 Å². The molecule has 2 aromatic rings. The van der Waals surface area contributed by atoms with Crippen molar-refractivity contribution in [1.82, 2.24) is 14.8 Å². The number of rotatable bonds is 4. The number of carbonyl (C=O) groups is 2. The van der Waals surface area contributed by atoms with Gasteiger partial charge in [0.15, 0.2) is 0 Å². The number of hydrogen-bond donors (Lipinski definition) is 0. The molecule has 6 heteroatoms. The van der Waals surface area contributed by atoms with Gasteiger partial charge in [0.05, 0.1) is 12.8 Å². The van der Waals surface area contributed by atoms with E-state index in [-0.39, 0.29) is 30.5 Å². The summed E-state index contributed by atoms with van der Waals surface area (Å²) in [6.07, 6.45) is 2.21. The van der Waals surface area contributed by atoms with Gasteiger partial charge in [0.1, 0.15) is 5.82 Å². The number of hydrogen-bond acceptors (Lipinski definition) is 3. The molecule has 1 aliphatic heterocycles. The molecule has 3 rings (SSSR count). The average Bonchev–Trinajstić information content (AvgIpc) is 2.64. The van der Waals surface area contributed by atoms with Gasteiger partial charge < -0.3 is 9.80 Å². The van der Waals surface area contributed by atoms with Crippen molar-refractivity contribution in [3.8, 4) is 0 Å². The Hall–Kier alpha value is -2.76. The summed E-state index contributed by atoms with van der Waals surface area (Å²) in [6.45, 7) is 2.10. The van der Waals surface area contributed by atoms with Gasteiger partial charge in [-0.15, -0.1) is 0 Å². The molecule has 0 radical (unpaired) electrons. The Morgan fingerprint density at radius 3 is 2.04 bits per heavy atom. The number of halogens is 1. The van der Waals surface area contributed by atoms with Crippen LogP contribution in [0.25, 0.3) is 0 Å². The zero-order valence-electron chi connectivity index (χ0n) is 13.9. The molecule has 5 nitrogen and oxygen atoms in total. The first-order chi connectivity index (χ1) is 12.1. The highest BCUT2D eigenvalue weighted by Crippen LogP contribution is 2.09. The molecule has 0 unspecified atom stereocenters. The quantitative estimate of drug-likeness (QED) is 0.850. The first-order valence-electron chi connectivity index (χ1n) is 8.32. The number of carbonyl (C=O) groups excluding carboxylic acids is 2. The van der Waals surface area contributed by atoms with E-state index in [2.05, 4.69) is 4.98 Å². The lowest BCUT2D eigenvalue weighted by Gasteiger charge is -2.35. The van der Waals surface area contributed by atoms with Crippen LogP contribution in [-0.2, 0) is 22.4 Å². The standard InChI is InChI=1S/C19H20FN3O2/c20-16-6-4-15(5-7-16)13-18(24)22-9-11-23(12-10-22)19(25)14-17-3-1-2-8-21-17/h1-8H,9-14H2. The lowest BCUT2D eigenvalue weighted by atomic mass is 10.1. The van der Waals surface area contributed by atoms with Crippen molar-refractivity contribution in [2.24, 2.45) is 0 Å². The van der Waals surface area contributed by atoms with Crippen LogP contribution in [0.1, 0.15) is 11.3 Å². The van der Waals surface area contributed by atoms with E-state index in [1.54, 1.807) is 28.1 Å². The third-order valence-corrected chi connectivity index (χ3v) is 4.31. The molecule has 130 valence electrons. The van der Waals surface area contributed by atoms with Crippen LogP contribution in [0.3, 0.4) is 0 Å². The van der Waals surface area contributed by atoms with E-state index in [1.165, 1.54) is 12.1 Å². The second-order valence-corrected chi connectivity index (χ2v) is 6.06. The lowest BCUT2D eigenvalue weighted by Crippen LogP contribution is -2.51. The van der Waals surface area contributed by atoms with Crippen molar-refractivity contribution >= 4 is 11.8 Å². The van der Waals surface area contributed by atoms with Crippen LogP contribution in [0.5, 0.6) is 0 Å². The van der Waals surface area contributed by atoms with E-state index in [0.29, 0.717) is 26.2 Å². The summed E-state index contributed by atoms with van der Waals surface area (Å²) in [5.74, 6) is -0.274. The fourth-order valence-electron chi connectivity index (χ4n) is 2.86. The van der Waals surface area contributed by atoms with Gasteiger partial charge >= 0.3 is 0 Å². The van der Waals surface area contributed by atoms with Crippen LogP contribution in [0.4, 0.5) is 4.39 Å². The van der Waals surface area contributed by atoms with Gasteiger partial charge in [0.2, 0.25) is 11.8 Å². The monoisotopic (exact) mass is 341 g/mol. The zero-order chi connectivity index (χ0) is 17.6. The largest absolute Gasteiger partial charge is 0.339 e. The van der Waals surface area contributed by atoms with Gasteiger partial charge in [-0.2, -0.15) is 0 Å². The summed E-state index contributed by atoms with van der Waals surface area (Å²) in [5, 5.41) is 0. The third kappa shape index (κ3) is 4.62. The van der Waals surface area contributed by atoms with Crippen molar-refractivity contribution in [3.05, 3.63) is 65.7 Å². The van der Waals surface area contributed by atoms with Gasteiger partial charge in [0, 0.05) is 38.1 Å². The summed E-state index contributed by atoms with van der Waals surface area (Å²) in [6, 6.07) is 11.5. The highest BCUT2D eigenvalue weighted by molar-refractivity contribution is 5.80. The Balaban J connectivity index is 1.48. The van der Waals surface area contributed by atoms with Crippen LogP contribution >= 0.6 is 0 Å². The number of pyridine rings is 1. The molecule has 1 aliphatic rings. The minimum Gasteiger partial charge on any atom is -0.339 e. The Morgan fingerprint density at radius 2 is 1.48 bits per heavy atom. The van der Waals surface area contributed by atoms with E-state index in [0.717, 1.165) is 11.3 Å². The van der Waals surface area contributed by atoms with Crippen molar-refractivity contribution in [2.75, 3.05) is 26.2 Å². The van der Waals surface area contributed by atoms with Crippen LogP contribution in [0.2, 0.25) is 0 Å². The van der Waals surface area contributed by atoms with E-state index in [9.17, 15) is 14.0 Å². The van der Waals surface area contributed by atoms with Crippen molar-refractivity contribution in [1.29, 1.82) is 0 Å². The molecule has 0 saturated carbocycles. The van der Waals surface area contributed by atoms with Crippen LogP contribution in [-0.4, -0.2) is 52.8 Å². The number of piperazine rings is 1. The topological polar surface area (TPSA) is 53.5 Å². The van der Waals surface area contributed by atoms with Crippen LogP contribution in [0.15, 0.2) is 48.7 Å². The molecule has 0 atom stereocenters. The summed E-state index contributed by atoms with van der Waals surface area (Å²) in [4.78, 5) is 32.4. The Kier molecular flexibility index (Phi) is 5.38. The molecule has 0 bridgehead atoms. The highest BCUT2D eigenvalue weighted by Gasteiger charge is 2.24. The minimum absolute atomic E-state index is 0.00318. The molecule has 1 aromatic heterocycles. The maximum atomic E-state index is 12.9. The molecule has 1 fully saturated rings. The molecular formula is C19H20FN3O2. The Labute approximate surface area is 146 Å². The number of amides is 2. The summed E-state index contributed by atoms with van der Waals surface area (Å²) in [7, 11) is 0. The third-order valence-electron chi connectivity index (χ3n) is 4.31. The summed E-state index contributed by atoms with van der Waals surface area (Å²) < 4.78 is 12.9. The van der Waals surface area contributed by atoms with E-state index in [1.807, 2.05) is 18.2 Å². The fourth-order valence-corrected chi connectivity index (χ4v) is 2.86. The first kappa shape index (κ1) is 17.1. The van der Waals surface area contributed by atoms with Gasteiger partial charge in [0.25, 0.3) is 0 Å². The van der Waals surface area contributed by atoms with E-state index >= 15 is 0 Å². The second-order valence-electron chi connectivity index (χ2n) is 6.06. The number of benzene rings is 1. The molecular weight excluding hydrogens is 321 g/mol. The lowest BCUT2D eigenvalue weighted by molar-refractivity contribution is -0.138. The average molecular weight is 341 g/mol. The van der Waals surface area contributed by atoms with Gasteiger partial charge in [-0.05, 0) is 29.8 Å². The molecule has 1 aromatic carbocycles. The molecule has 2 amide bonds. The predicted octanol–water partition coefficient (Wildman–Crippen LogP) is 1.68. The van der Waals surface area contributed by atoms with E-state index in [4.69, 9.17) is 0 Å². The maximum absolute atomic E-state index is 12.9. The fraction of sp³-hybridized carbons (Fsp3) is 0.316. The molecule has 25 heavy (non-hydrogen) atoms. The van der Waals surface area contributed by atoms with Crippen LogP contribution in [0, 0.1) is 5.82 Å². The molecule has 0 spiro atoms. The normalized spacial score (nSPS) is 14.4. The van der Waals surface area contributed by atoms with Gasteiger partial charge in [-0.25, -0.2) is 4.39 Å². The molecule has 0 aliphatic carbocycles. The Bertz CT molecular complexity index is 726. The Morgan fingerprint density at radius 1 is 0.880 bits per heavy atom. The predicted molar refractivity (Wildman–Crippen MR) is 91.2 cm³/mol. The van der Waals surface area contributed by atoms with Crippen molar-refractivity contribution in [2.45, 2.75) is 12.8 Å². The number of nitrogens with zero attached hydrogens (tertiary/aromatic N) is 3. The smallest absolute Gasteiger partial charge is 0.228 e. The minimum atomic E-state index is -0.309. The van der Waals surface area contributed by atoms with Gasteiger partial charge in [-0.3, -0.25) is 14.6 Å². The van der Waals surface area contributed by atoms with Gasteiger partial charge in [-0.1, -0.05) is 18.2 Å². The maximum Gasteiger partial charge on any atom is 0.228 e. The zero-order valence-corrected chi connectivity index (χ0v) is 13.9. The summed E-state index contributed by atoms with van der Waals surface area (Å²) in [5.41, 5.74) is 1.54. The highest BCUT2D eigenvalue weighted by atomic mass is 19.1. The van der Waals surface area contributed by atoms with E-state index < -0.39 is 0 Å².